The van der Waals surface area contributed by atoms with E-state index in [1.54, 1.807) is 0 Å². The van der Waals surface area contributed by atoms with Gasteiger partial charge in [0.25, 0.3) is 0 Å². The van der Waals surface area contributed by atoms with Crippen LogP contribution < -0.4 is 5.48 Å². The molecule has 0 aliphatic carbocycles. The van der Waals surface area contributed by atoms with E-state index in [1.165, 1.54) is 5.56 Å². The molecule has 0 aromatic heterocycles. The van der Waals surface area contributed by atoms with Gasteiger partial charge in [-0.1, -0.05) is 30.3 Å². The van der Waals surface area contributed by atoms with Gasteiger partial charge in [0.05, 0.1) is 6.61 Å². The summed E-state index contributed by atoms with van der Waals surface area (Å²) in [7, 11) is 0. The molecule has 0 amide bonds. The van der Waals surface area contributed by atoms with Gasteiger partial charge in [0.15, 0.2) is 0 Å². The van der Waals surface area contributed by atoms with E-state index in [0.29, 0.717) is 6.61 Å². The monoisotopic (exact) mass is 181 g/mol. The highest BCUT2D eigenvalue weighted by Crippen LogP contribution is 2.02. The average Bonchev–Trinajstić information content (AvgIpc) is 2.04. The molecular weight excluding hydrogens is 164 g/mol. The highest BCUT2D eigenvalue weighted by Gasteiger charge is 2.08. The Morgan fingerprint density at radius 1 is 1.15 bits per heavy atom. The SMILES string of the molecule is C[14C](C)(C)NOCc1ccccc1. The molecule has 0 saturated heterocycles. The van der Waals surface area contributed by atoms with Crippen molar-refractivity contribution in [3.8, 4) is 0 Å². The Morgan fingerprint density at radius 3 is 2.31 bits per heavy atom. The van der Waals surface area contributed by atoms with Gasteiger partial charge in [0.1, 0.15) is 0 Å². The van der Waals surface area contributed by atoms with Crippen LogP contribution in [0.4, 0.5) is 0 Å². The normalized spacial score (nSPS) is 11.6. The lowest BCUT2D eigenvalue weighted by Crippen LogP contribution is -2.35. The van der Waals surface area contributed by atoms with Gasteiger partial charge in [-0.15, -0.1) is 0 Å². The number of benzene rings is 1. The van der Waals surface area contributed by atoms with Gasteiger partial charge < -0.3 is 0 Å². The smallest absolute Gasteiger partial charge is 0.0933 e. The van der Waals surface area contributed by atoms with Crippen molar-refractivity contribution in [3.63, 3.8) is 0 Å². The zero-order valence-corrected chi connectivity index (χ0v) is 8.50. The highest BCUT2D eigenvalue weighted by molar-refractivity contribution is 5.13. The number of hydrogen-bond donors (Lipinski definition) is 1. The molecule has 0 unspecified atom stereocenters. The van der Waals surface area contributed by atoms with Crippen molar-refractivity contribution in [3.05, 3.63) is 35.9 Å². The van der Waals surface area contributed by atoms with Crippen LogP contribution in [-0.2, 0) is 11.4 Å². The lowest BCUT2D eigenvalue weighted by Gasteiger charge is -2.19. The van der Waals surface area contributed by atoms with Gasteiger partial charge in [-0.2, -0.15) is 5.48 Å². The van der Waals surface area contributed by atoms with E-state index in [4.69, 9.17) is 4.84 Å². The van der Waals surface area contributed by atoms with Gasteiger partial charge in [0.2, 0.25) is 0 Å². The minimum atomic E-state index is 0.00871. The molecule has 1 rings (SSSR count). The first kappa shape index (κ1) is 10.2. The topological polar surface area (TPSA) is 21.3 Å². The Balaban J connectivity index is 2.29. The Bertz CT molecular complexity index is 238. The average molecular weight is 181 g/mol. The van der Waals surface area contributed by atoms with E-state index in [-0.39, 0.29) is 5.54 Å². The second-order valence-corrected chi connectivity index (χ2v) is 4.13. The fourth-order valence-corrected chi connectivity index (χ4v) is 0.910. The van der Waals surface area contributed by atoms with E-state index in [2.05, 4.69) is 26.3 Å². The lowest BCUT2D eigenvalue weighted by atomic mass is 10.2. The Hall–Kier alpha value is -0.860. The predicted molar refractivity (Wildman–Crippen MR) is 54.1 cm³/mol. The number of hydrogen-bond acceptors (Lipinski definition) is 2. The predicted octanol–water partition coefficient (Wildman–Crippen LogP) is 2.51. The molecule has 2 heteroatoms. The number of nitrogens with one attached hydrogen (secondary N) is 1. The molecule has 0 atom stereocenters. The van der Waals surface area contributed by atoms with Gasteiger partial charge in [-0.3, -0.25) is 4.84 Å². The number of rotatable bonds is 3. The maximum Gasteiger partial charge on any atom is 0.0933 e. The lowest BCUT2D eigenvalue weighted by molar-refractivity contribution is -0.0174. The molecule has 2 nitrogen and oxygen atoms in total. The summed E-state index contributed by atoms with van der Waals surface area (Å²) in [6.45, 7) is 6.81. The van der Waals surface area contributed by atoms with Crippen molar-refractivity contribution in [1.29, 1.82) is 0 Å². The summed E-state index contributed by atoms with van der Waals surface area (Å²) >= 11 is 0. The van der Waals surface area contributed by atoms with E-state index < -0.39 is 0 Å². The van der Waals surface area contributed by atoms with E-state index >= 15 is 0 Å². The fraction of sp³-hybridized carbons (Fsp3) is 0.455. The van der Waals surface area contributed by atoms with E-state index in [1.807, 2.05) is 30.3 Å². The molecule has 0 fully saturated rings. The minimum absolute atomic E-state index is 0.00871. The van der Waals surface area contributed by atoms with Gasteiger partial charge in [0, 0.05) is 5.54 Å². The first-order valence-electron chi connectivity index (χ1n) is 4.51. The zero-order chi connectivity index (χ0) is 9.73. The molecule has 1 N–H and O–H groups in total. The Labute approximate surface area is 79.9 Å². The van der Waals surface area contributed by atoms with Crippen LogP contribution in [0.25, 0.3) is 0 Å². The van der Waals surface area contributed by atoms with Crippen molar-refractivity contribution >= 4 is 0 Å². The zero-order valence-electron chi connectivity index (χ0n) is 8.50. The van der Waals surface area contributed by atoms with Gasteiger partial charge in [-0.25, -0.2) is 0 Å². The summed E-state index contributed by atoms with van der Waals surface area (Å²) in [4.78, 5) is 5.33. The van der Waals surface area contributed by atoms with Crippen molar-refractivity contribution < 1.29 is 4.84 Å². The maximum atomic E-state index is 5.33. The summed E-state index contributed by atoms with van der Waals surface area (Å²) in [5, 5.41) is 0. The molecule has 0 heterocycles. The molecular formula is C11H17NO. The summed E-state index contributed by atoms with van der Waals surface area (Å²) in [5.41, 5.74) is 4.16. The third kappa shape index (κ3) is 4.65. The molecule has 1 aromatic carbocycles. The van der Waals surface area contributed by atoms with Gasteiger partial charge >= 0.3 is 0 Å². The Morgan fingerprint density at radius 2 is 1.77 bits per heavy atom. The van der Waals surface area contributed by atoms with Crippen molar-refractivity contribution in [1.82, 2.24) is 5.48 Å². The summed E-state index contributed by atoms with van der Waals surface area (Å²) in [6.07, 6.45) is 0. The minimum Gasteiger partial charge on any atom is -0.297 e. The maximum absolute atomic E-state index is 5.33. The molecule has 13 heavy (non-hydrogen) atoms. The van der Waals surface area contributed by atoms with Gasteiger partial charge in [-0.05, 0) is 26.3 Å². The third-order valence-corrected chi connectivity index (χ3v) is 1.46. The summed E-state index contributed by atoms with van der Waals surface area (Å²) in [5.74, 6) is 0. The summed E-state index contributed by atoms with van der Waals surface area (Å²) < 4.78 is 0. The highest BCUT2D eigenvalue weighted by atomic mass is 16.7. The second kappa shape index (κ2) is 4.40. The standard InChI is InChI=1S/C11H17NO/c1-11(2,3)12-13-9-10-7-5-4-6-8-10/h4-8,12H,9H2,1-3H3/i11+2. The van der Waals surface area contributed by atoms with Crippen LogP contribution in [0, 0.1) is 0 Å². The third-order valence-electron chi connectivity index (χ3n) is 1.46. The van der Waals surface area contributed by atoms with Crippen LogP contribution in [0.15, 0.2) is 30.3 Å². The van der Waals surface area contributed by atoms with Crippen LogP contribution >= 0.6 is 0 Å². The van der Waals surface area contributed by atoms with E-state index in [9.17, 15) is 0 Å². The molecule has 0 aliphatic rings. The number of hydroxylamine groups is 1. The quantitative estimate of drug-likeness (QED) is 0.723. The molecule has 0 spiro atoms. The van der Waals surface area contributed by atoms with Crippen LogP contribution in [0.2, 0.25) is 0 Å². The van der Waals surface area contributed by atoms with Crippen molar-refractivity contribution in [2.24, 2.45) is 0 Å². The first-order valence-corrected chi connectivity index (χ1v) is 4.51. The second-order valence-electron chi connectivity index (χ2n) is 4.13. The van der Waals surface area contributed by atoms with Crippen LogP contribution in [-0.4, -0.2) is 5.54 Å². The summed E-state index contributed by atoms with van der Waals surface area (Å²) in [6, 6.07) is 10.1. The van der Waals surface area contributed by atoms with Crippen LogP contribution in [0.5, 0.6) is 0 Å². The molecule has 1 aromatic rings. The Kier molecular flexibility index (Phi) is 3.46. The van der Waals surface area contributed by atoms with E-state index in [0.717, 1.165) is 0 Å². The first-order chi connectivity index (χ1) is 6.08. The largest absolute Gasteiger partial charge is 0.297 e. The molecule has 0 saturated carbocycles. The van der Waals surface area contributed by atoms with Crippen molar-refractivity contribution in [2.75, 3.05) is 0 Å². The fourth-order valence-electron chi connectivity index (χ4n) is 0.910. The molecule has 0 aliphatic heterocycles. The van der Waals surface area contributed by atoms with Crippen LogP contribution in [0.1, 0.15) is 26.3 Å². The molecule has 72 valence electrons. The van der Waals surface area contributed by atoms with Crippen LogP contribution in [0.3, 0.4) is 0 Å². The molecule has 0 bridgehead atoms. The van der Waals surface area contributed by atoms with Crippen molar-refractivity contribution in [2.45, 2.75) is 32.9 Å². The molecule has 0 radical (unpaired) electrons.